The molecular formula is C26H29N3O2. The summed E-state index contributed by atoms with van der Waals surface area (Å²) in [5.74, 6) is 1.65. The normalized spacial score (nSPS) is 18.7. The highest BCUT2D eigenvalue weighted by Gasteiger charge is 2.23. The number of ether oxygens (including phenoxy) is 1. The van der Waals surface area contributed by atoms with Crippen LogP contribution in [0.2, 0.25) is 0 Å². The molecule has 1 amide bonds. The highest BCUT2D eigenvalue weighted by atomic mass is 16.5. The van der Waals surface area contributed by atoms with Gasteiger partial charge in [0, 0.05) is 30.2 Å². The minimum atomic E-state index is -0.00930. The van der Waals surface area contributed by atoms with Crippen molar-refractivity contribution in [3.05, 3.63) is 60.2 Å². The fraction of sp³-hybridized carbons (Fsp3) is 0.385. The summed E-state index contributed by atoms with van der Waals surface area (Å²) in [4.78, 5) is 22.2. The number of amides is 1. The van der Waals surface area contributed by atoms with Gasteiger partial charge in [-0.2, -0.15) is 0 Å². The lowest BCUT2D eigenvalue weighted by atomic mass is 10.0. The molecular weight excluding hydrogens is 386 g/mol. The number of fused-ring (bicyclic) bond motifs is 2. The molecule has 5 nitrogen and oxygen atoms in total. The van der Waals surface area contributed by atoms with Crippen LogP contribution in [0.25, 0.3) is 10.9 Å². The number of carbonyl (C=O) groups excluding carboxylic acids is 1. The lowest BCUT2D eigenvalue weighted by Gasteiger charge is -2.34. The predicted octanol–water partition coefficient (Wildman–Crippen LogP) is 4.97. The summed E-state index contributed by atoms with van der Waals surface area (Å²) >= 11 is 0. The molecule has 5 heteroatoms. The van der Waals surface area contributed by atoms with E-state index in [0.29, 0.717) is 11.8 Å². The van der Waals surface area contributed by atoms with Crippen molar-refractivity contribution in [1.82, 2.24) is 4.98 Å². The minimum Gasteiger partial charge on any atom is -0.481 e. The van der Waals surface area contributed by atoms with Crippen LogP contribution in [0.5, 0.6) is 5.75 Å². The van der Waals surface area contributed by atoms with Gasteiger partial charge >= 0.3 is 0 Å². The summed E-state index contributed by atoms with van der Waals surface area (Å²) in [6.45, 7) is 4.06. The SMILES string of the molecule is CC1CCCCN1c1ccc2cccc(OCC(=O)N3CCCc4ccccc43)c2n1. The topological polar surface area (TPSA) is 45.7 Å². The monoisotopic (exact) mass is 415 g/mol. The lowest BCUT2D eigenvalue weighted by molar-refractivity contribution is -0.120. The number of rotatable bonds is 4. The number of aryl methyl sites for hydroxylation is 1. The number of benzene rings is 2. The van der Waals surface area contributed by atoms with Crippen LogP contribution >= 0.6 is 0 Å². The van der Waals surface area contributed by atoms with Crippen LogP contribution in [0.3, 0.4) is 0 Å². The van der Waals surface area contributed by atoms with Gasteiger partial charge in [-0.25, -0.2) is 4.98 Å². The number of aromatic nitrogens is 1. The third-order valence-corrected chi connectivity index (χ3v) is 6.53. The van der Waals surface area contributed by atoms with Crippen LogP contribution in [-0.2, 0) is 11.2 Å². The van der Waals surface area contributed by atoms with Gasteiger partial charge in [-0.05, 0) is 68.9 Å². The molecule has 2 aliphatic rings. The van der Waals surface area contributed by atoms with Crippen LogP contribution in [0.1, 0.15) is 38.2 Å². The van der Waals surface area contributed by atoms with Gasteiger partial charge in [0.1, 0.15) is 17.1 Å². The van der Waals surface area contributed by atoms with E-state index in [4.69, 9.17) is 9.72 Å². The molecule has 31 heavy (non-hydrogen) atoms. The van der Waals surface area contributed by atoms with Gasteiger partial charge in [0.25, 0.3) is 5.91 Å². The molecule has 0 N–H and O–H groups in total. The van der Waals surface area contributed by atoms with Crippen molar-refractivity contribution in [1.29, 1.82) is 0 Å². The van der Waals surface area contributed by atoms with Crippen molar-refractivity contribution in [3.8, 4) is 5.75 Å². The van der Waals surface area contributed by atoms with E-state index in [0.717, 1.165) is 48.3 Å². The maximum absolute atomic E-state index is 13.0. The van der Waals surface area contributed by atoms with Gasteiger partial charge in [-0.1, -0.05) is 30.3 Å². The highest BCUT2D eigenvalue weighted by molar-refractivity contribution is 5.96. The first-order valence-corrected chi connectivity index (χ1v) is 11.4. The van der Waals surface area contributed by atoms with E-state index in [1.54, 1.807) is 0 Å². The molecule has 3 heterocycles. The summed E-state index contributed by atoms with van der Waals surface area (Å²) in [6, 6.07) is 18.8. The van der Waals surface area contributed by atoms with E-state index in [1.165, 1.54) is 24.8 Å². The zero-order valence-corrected chi connectivity index (χ0v) is 18.1. The number of piperidine rings is 1. The molecule has 2 aromatic carbocycles. The van der Waals surface area contributed by atoms with Gasteiger partial charge in [-0.15, -0.1) is 0 Å². The van der Waals surface area contributed by atoms with Gasteiger partial charge in [0.2, 0.25) is 0 Å². The Kier molecular flexibility index (Phi) is 5.49. The fourth-order valence-corrected chi connectivity index (χ4v) is 4.83. The van der Waals surface area contributed by atoms with Crippen LogP contribution in [-0.4, -0.2) is 36.6 Å². The molecule has 0 bridgehead atoms. The van der Waals surface area contributed by atoms with Gasteiger partial charge in [0.15, 0.2) is 6.61 Å². The molecule has 1 atom stereocenters. The summed E-state index contributed by atoms with van der Waals surface area (Å²) in [5.41, 5.74) is 3.07. The summed E-state index contributed by atoms with van der Waals surface area (Å²) in [6.07, 6.45) is 5.68. The largest absolute Gasteiger partial charge is 0.481 e. The zero-order valence-electron chi connectivity index (χ0n) is 18.1. The second-order valence-electron chi connectivity index (χ2n) is 8.60. The molecule has 0 radical (unpaired) electrons. The maximum atomic E-state index is 13.0. The molecule has 5 rings (SSSR count). The van der Waals surface area contributed by atoms with Crippen LogP contribution in [0.4, 0.5) is 11.5 Å². The number of anilines is 2. The zero-order chi connectivity index (χ0) is 21.2. The van der Waals surface area contributed by atoms with E-state index in [9.17, 15) is 4.79 Å². The first-order valence-electron chi connectivity index (χ1n) is 11.4. The number of hydrogen-bond donors (Lipinski definition) is 0. The fourth-order valence-electron chi connectivity index (χ4n) is 4.83. The van der Waals surface area contributed by atoms with E-state index in [2.05, 4.69) is 30.0 Å². The summed E-state index contributed by atoms with van der Waals surface area (Å²) in [7, 11) is 0. The molecule has 0 aliphatic carbocycles. The molecule has 1 saturated heterocycles. The maximum Gasteiger partial charge on any atom is 0.264 e. The standard InChI is InChI=1S/C26H29N3O2/c1-19-8-4-5-16-28(19)24-15-14-21-10-6-13-23(26(21)27-24)31-18-25(30)29-17-7-11-20-9-2-3-12-22(20)29/h2-3,6,9-10,12-15,19H,4-5,7-8,11,16-18H2,1H3. The number of para-hydroxylation sites is 2. The van der Waals surface area contributed by atoms with Crippen LogP contribution in [0.15, 0.2) is 54.6 Å². The van der Waals surface area contributed by atoms with E-state index < -0.39 is 0 Å². The Labute approximate surface area is 183 Å². The number of nitrogens with zero attached hydrogens (tertiary/aromatic N) is 3. The third-order valence-electron chi connectivity index (χ3n) is 6.53. The molecule has 160 valence electrons. The molecule has 0 spiro atoms. The number of pyridine rings is 1. The molecule has 2 aliphatic heterocycles. The van der Waals surface area contributed by atoms with Crippen molar-refractivity contribution >= 4 is 28.3 Å². The number of carbonyl (C=O) groups is 1. The van der Waals surface area contributed by atoms with Gasteiger partial charge in [-0.3, -0.25) is 4.79 Å². The van der Waals surface area contributed by atoms with E-state index in [-0.39, 0.29) is 12.5 Å². The Morgan fingerprint density at radius 3 is 2.84 bits per heavy atom. The van der Waals surface area contributed by atoms with Gasteiger partial charge in [0.05, 0.1) is 0 Å². The van der Waals surface area contributed by atoms with Crippen molar-refractivity contribution in [2.24, 2.45) is 0 Å². The smallest absolute Gasteiger partial charge is 0.264 e. The number of hydrogen-bond acceptors (Lipinski definition) is 4. The third kappa shape index (κ3) is 3.97. The Hall–Kier alpha value is -3.08. The molecule has 1 fully saturated rings. The Balaban J connectivity index is 1.37. The van der Waals surface area contributed by atoms with Crippen molar-refractivity contribution in [3.63, 3.8) is 0 Å². The Bertz CT molecular complexity index is 1100. The average molecular weight is 416 g/mol. The highest BCUT2D eigenvalue weighted by Crippen LogP contribution is 2.30. The minimum absolute atomic E-state index is 0.00930. The second-order valence-corrected chi connectivity index (χ2v) is 8.60. The Morgan fingerprint density at radius 1 is 1.03 bits per heavy atom. The quantitative estimate of drug-likeness (QED) is 0.603. The van der Waals surface area contributed by atoms with Crippen LogP contribution in [0, 0.1) is 0 Å². The predicted molar refractivity (Wildman–Crippen MR) is 125 cm³/mol. The average Bonchev–Trinajstić information content (AvgIpc) is 2.82. The van der Waals surface area contributed by atoms with E-state index >= 15 is 0 Å². The molecule has 1 aromatic heterocycles. The first kappa shape index (κ1) is 19.9. The molecule has 1 unspecified atom stereocenters. The first-order chi connectivity index (χ1) is 15.2. The summed E-state index contributed by atoms with van der Waals surface area (Å²) < 4.78 is 6.05. The molecule has 3 aromatic rings. The van der Waals surface area contributed by atoms with Crippen molar-refractivity contribution in [2.45, 2.75) is 45.1 Å². The van der Waals surface area contributed by atoms with Crippen molar-refractivity contribution < 1.29 is 9.53 Å². The Morgan fingerprint density at radius 2 is 1.94 bits per heavy atom. The van der Waals surface area contributed by atoms with E-state index in [1.807, 2.05) is 41.3 Å². The van der Waals surface area contributed by atoms with Gasteiger partial charge < -0.3 is 14.5 Å². The van der Waals surface area contributed by atoms with Crippen LogP contribution < -0.4 is 14.5 Å². The second kappa shape index (κ2) is 8.58. The molecule has 0 saturated carbocycles. The lowest BCUT2D eigenvalue weighted by Crippen LogP contribution is -2.38. The van der Waals surface area contributed by atoms with Crippen molar-refractivity contribution in [2.75, 3.05) is 29.5 Å². The summed E-state index contributed by atoms with van der Waals surface area (Å²) in [5, 5.41) is 1.03.